The van der Waals surface area contributed by atoms with Crippen molar-refractivity contribution in [1.82, 2.24) is 0 Å². The minimum Gasteiger partial charge on any atom is -0.0622 e. The molecule has 0 bridgehead atoms. The average molecular weight is 735 g/mol. The monoisotopic (exact) mass is 734 g/mol. The van der Waals surface area contributed by atoms with E-state index in [4.69, 9.17) is 0 Å². The molecule has 2 aliphatic rings. The van der Waals surface area contributed by atoms with Gasteiger partial charge < -0.3 is 0 Å². The van der Waals surface area contributed by atoms with Gasteiger partial charge in [0, 0.05) is 0 Å². The van der Waals surface area contributed by atoms with Gasteiger partial charge in [-0.25, -0.2) is 0 Å². The lowest BCUT2D eigenvalue weighted by atomic mass is 9.80. The summed E-state index contributed by atoms with van der Waals surface area (Å²) in [5, 5.41) is 5.43. The second-order valence-electron chi connectivity index (χ2n) is 15.9. The van der Waals surface area contributed by atoms with Crippen molar-refractivity contribution in [3.63, 3.8) is 0 Å². The summed E-state index contributed by atoms with van der Waals surface area (Å²) >= 11 is 0. The normalized spacial score (nSPS) is 12.3. The molecule has 0 radical (unpaired) electrons. The van der Waals surface area contributed by atoms with Crippen molar-refractivity contribution in [2.24, 2.45) is 0 Å². The highest BCUT2D eigenvalue weighted by molar-refractivity contribution is 6.28. The topological polar surface area (TPSA) is 0 Å². The van der Waals surface area contributed by atoms with Gasteiger partial charge in [0.25, 0.3) is 0 Å². The van der Waals surface area contributed by atoms with Gasteiger partial charge in [0.05, 0.1) is 0 Å². The van der Waals surface area contributed by atoms with E-state index in [-0.39, 0.29) is 0 Å². The fourth-order valence-electron chi connectivity index (χ4n) is 10.1. The van der Waals surface area contributed by atoms with Crippen LogP contribution in [0.25, 0.3) is 111 Å². The molecule has 2 aliphatic carbocycles. The van der Waals surface area contributed by atoms with Crippen LogP contribution in [0.15, 0.2) is 206 Å². The largest absolute Gasteiger partial charge is 0.0622 e. The Morgan fingerprint density at radius 2 is 0.534 bits per heavy atom. The molecule has 0 aliphatic heterocycles. The molecule has 12 rings (SSSR count). The molecule has 0 aromatic heterocycles. The maximum absolute atomic E-state index is 2.44. The van der Waals surface area contributed by atoms with Gasteiger partial charge in [-0.05, 0) is 171 Å². The van der Waals surface area contributed by atoms with E-state index in [1.165, 1.54) is 122 Å². The van der Waals surface area contributed by atoms with Gasteiger partial charge in [-0.1, -0.05) is 170 Å². The standard InChI is InChI=1S/C58H38/c1-5-15-37(16-6-1)43-31-44(38-17-7-2-8-18-38)34-47(33-43)54-49-23-13-14-24-50(49)55(58-52-30-28-42-26-25-41-27-29-51(57(54)58)56(52)53(41)42)48-35-45(39-19-9-3-10-20-39)32-46(36-48)40-21-11-4-12-22-40/h1-24,27-36H,25-26H2. The minimum atomic E-state index is 1.10. The fraction of sp³-hybridized carbons (Fsp3) is 0.0345. The zero-order chi connectivity index (χ0) is 38.2. The van der Waals surface area contributed by atoms with Crippen LogP contribution in [-0.2, 0) is 12.8 Å². The lowest BCUT2D eigenvalue weighted by molar-refractivity contribution is 1.02. The molecule has 270 valence electrons. The Labute approximate surface area is 339 Å². The van der Waals surface area contributed by atoms with Crippen LogP contribution in [-0.4, -0.2) is 0 Å². The minimum absolute atomic E-state index is 1.10. The van der Waals surface area contributed by atoms with Crippen LogP contribution in [0, 0.1) is 0 Å². The van der Waals surface area contributed by atoms with Crippen molar-refractivity contribution in [1.29, 1.82) is 0 Å². The quantitative estimate of drug-likeness (QED) is 0.160. The predicted molar refractivity (Wildman–Crippen MR) is 246 cm³/mol. The van der Waals surface area contributed by atoms with Crippen molar-refractivity contribution >= 4 is 21.5 Å². The summed E-state index contributed by atoms with van der Waals surface area (Å²) < 4.78 is 0. The molecular formula is C58H38. The number of rotatable bonds is 6. The third kappa shape index (κ3) is 5.15. The van der Waals surface area contributed by atoms with E-state index in [9.17, 15) is 0 Å². The third-order valence-electron chi connectivity index (χ3n) is 12.6. The van der Waals surface area contributed by atoms with Crippen LogP contribution in [0.3, 0.4) is 0 Å². The first-order valence-corrected chi connectivity index (χ1v) is 20.5. The highest BCUT2D eigenvalue weighted by atomic mass is 14.4. The van der Waals surface area contributed by atoms with E-state index in [1.54, 1.807) is 0 Å². The molecule has 0 atom stereocenters. The number of aryl methyl sites for hydroxylation is 2. The number of fused-ring (bicyclic) bond motifs is 4. The van der Waals surface area contributed by atoms with Crippen molar-refractivity contribution in [3.05, 3.63) is 217 Å². The van der Waals surface area contributed by atoms with E-state index >= 15 is 0 Å². The third-order valence-corrected chi connectivity index (χ3v) is 12.6. The number of hydrogen-bond acceptors (Lipinski definition) is 0. The molecule has 58 heavy (non-hydrogen) atoms. The molecule has 0 N–H and O–H groups in total. The van der Waals surface area contributed by atoms with Gasteiger partial charge >= 0.3 is 0 Å². The average Bonchev–Trinajstić information content (AvgIpc) is 3.87. The molecule has 0 fully saturated rings. The van der Waals surface area contributed by atoms with Crippen LogP contribution < -0.4 is 0 Å². The zero-order valence-corrected chi connectivity index (χ0v) is 32.0. The molecule has 0 saturated carbocycles. The summed E-state index contributed by atoms with van der Waals surface area (Å²) in [6, 6.07) is 76.8. The maximum Gasteiger partial charge on any atom is -0.000740 e. The Morgan fingerprint density at radius 1 is 0.224 bits per heavy atom. The van der Waals surface area contributed by atoms with Crippen LogP contribution in [0.2, 0.25) is 0 Å². The first-order chi connectivity index (χ1) is 28.8. The first kappa shape index (κ1) is 32.9. The van der Waals surface area contributed by atoms with E-state index in [2.05, 4.69) is 206 Å². The fourth-order valence-corrected chi connectivity index (χ4v) is 10.1. The van der Waals surface area contributed by atoms with E-state index in [1.807, 2.05) is 0 Å². The Hall–Kier alpha value is -7.28. The maximum atomic E-state index is 2.44. The first-order valence-electron chi connectivity index (χ1n) is 20.5. The van der Waals surface area contributed by atoms with Crippen molar-refractivity contribution < 1.29 is 0 Å². The Kier molecular flexibility index (Phi) is 7.46. The van der Waals surface area contributed by atoms with Crippen LogP contribution >= 0.6 is 0 Å². The van der Waals surface area contributed by atoms with Gasteiger partial charge in [-0.15, -0.1) is 0 Å². The van der Waals surface area contributed by atoms with Crippen LogP contribution in [0.5, 0.6) is 0 Å². The number of benzene rings is 10. The van der Waals surface area contributed by atoms with Gasteiger partial charge in [-0.3, -0.25) is 0 Å². The summed E-state index contributed by atoms with van der Waals surface area (Å²) in [5.41, 5.74) is 23.2. The Morgan fingerprint density at radius 3 is 0.879 bits per heavy atom. The SMILES string of the molecule is c1ccc(-c2cc(-c3ccccc3)cc(-c3c4c(c(-c5cc(-c6ccccc6)cc(-c6ccccc6)c5)c5ccccc35)-c3ccc5c6c(ccc-4c36)CC5)c2)cc1. The van der Waals surface area contributed by atoms with Gasteiger partial charge in [0.2, 0.25) is 0 Å². The summed E-state index contributed by atoms with van der Waals surface area (Å²) in [5.74, 6) is 0. The highest BCUT2D eigenvalue weighted by Crippen LogP contribution is 2.59. The molecule has 0 heterocycles. The van der Waals surface area contributed by atoms with Crippen molar-refractivity contribution in [2.75, 3.05) is 0 Å². The number of hydrogen-bond donors (Lipinski definition) is 0. The van der Waals surface area contributed by atoms with Gasteiger partial charge in [0.1, 0.15) is 0 Å². The smallest absolute Gasteiger partial charge is 0.000740 e. The molecule has 0 nitrogen and oxygen atoms in total. The Bertz CT molecular complexity index is 2900. The van der Waals surface area contributed by atoms with E-state index in [0.29, 0.717) is 0 Å². The van der Waals surface area contributed by atoms with E-state index < -0.39 is 0 Å². The van der Waals surface area contributed by atoms with Crippen molar-refractivity contribution in [3.8, 4) is 89.0 Å². The molecule has 0 amide bonds. The van der Waals surface area contributed by atoms with Gasteiger partial charge in [-0.2, -0.15) is 0 Å². The lowest BCUT2D eigenvalue weighted by Crippen LogP contribution is -1.95. The zero-order valence-electron chi connectivity index (χ0n) is 32.0. The van der Waals surface area contributed by atoms with Crippen molar-refractivity contribution in [2.45, 2.75) is 12.8 Å². The predicted octanol–water partition coefficient (Wildman–Crippen LogP) is 15.7. The summed E-state index contributed by atoms with van der Waals surface area (Å²) in [4.78, 5) is 0. The summed E-state index contributed by atoms with van der Waals surface area (Å²) in [7, 11) is 0. The molecule has 0 unspecified atom stereocenters. The molecule has 10 aromatic carbocycles. The molecule has 0 heteroatoms. The molecule has 10 aromatic rings. The molecule has 0 spiro atoms. The summed E-state index contributed by atoms with van der Waals surface area (Å²) in [6.45, 7) is 0. The Balaban J connectivity index is 1.23. The summed E-state index contributed by atoms with van der Waals surface area (Å²) in [6.07, 6.45) is 2.21. The van der Waals surface area contributed by atoms with Crippen LogP contribution in [0.1, 0.15) is 11.1 Å². The second kappa shape index (κ2) is 13.2. The second-order valence-corrected chi connectivity index (χ2v) is 15.9. The van der Waals surface area contributed by atoms with E-state index in [0.717, 1.165) is 12.8 Å². The van der Waals surface area contributed by atoms with Crippen LogP contribution in [0.4, 0.5) is 0 Å². The molecular weight excluding hydrogens is 697 g/mol. The highest BCUT2D eigenvalue weighted by Gasteiger charge is 2.33. The van der Waals surface area contributed by atoms with Gasteiger partial charge in [0.15, 0.2) is 0 Å². The lowest BCUT2D eigenvalue weighted by Gasteiger charge is -2.22. The molecule has 0 saturated heterocycles.